The second kappa shape index (κ2) is 7.43. The molecule has 2 rings (SSSR count). The average Bonchev–Trinajstić information content (AvgIpc) is 2.89. The van der Waals surface area contributed by atoms with Crippen LogP contribution < -0.4 is 10.1 Å². The van der Waals surface area contributed by atoms with E-state index in [1.807, 2.05) is 0 Å². The van der Waals surface area contributed by atoms with E-state index < -0.39 is 0 Å². The van der Waals surface area contributed by atoms with Gasteiger partial charge >= 0.3 is 0 Å². The van der Waals surface area contributed by atoms with Gasteiger partial charge in [-0.1, -0.05) is 22.9 Å². The van der Waals surface area contributed by atoms with Gasteiger partial charge in [-0.2, -0.15) is 0 Å². The Morgan fingerprint density at radius 2 is 2.05 bits per heavy atom. The van der Waals surface area contributed by atoms with E-state index in [1.54, 1.807) is 18.4 Å². The number of methoxy groups -OCH3 is 1. The lowest BCUT2D eigenvalue weighted by Gasteiger charge is -2.22. The minimum atomic E-state index is 0.178. The van der Waals surface area contributed by atoms with Gasteiger partial charge in [0.05, 0.1) is 13.2 Å². The normalized spacial score (nSPS) is 12.4. The molecule has 0 amide bonds. The zero-order valence-corrected chi connectivity index (χ0v) is 15.4. The molecule has 1 atom stereocenters. The fraction of sp³-hybridized carbons (Fsp3) is 0.412. The van der Waals surface area contributed by atoms with Crippen molar-refractivity contribution in [3.63, 3.8) is 0 Å². The summed E-state index contributed by atoms with van der Waals surface area (Å²) < 4.78 is 6.74. The molecule has 0 spiro atoms. The van der Waals surface area contributed by atoms with Crippen molar-refractivity contribution < 1.29 is 4.74 Å². The first kappa shape index (κ1) is 16.5. The molecule has 4 heteroatoms. The van der Waals surface area contributed by atoms with Crippen molar-refractivity contribution in [2.75, 3.05) is 13.7 Å². The standard InChI is InChI=1S/C17H22BrNOS/c1-5-7-19-16(17-11(2)6-8-21-17)13-10-14(18)12(3)9-15(13)20-4/h6,8-10,16,19H,5,7H2,1-4H3. The maximum atomic E-state index is 5.62. The number of halogens is 1. The van der Waals surface area contributed by atoms with Gasteiger partial charge in [-0.05, 0) is 61.5 Å². The van der Waals surface area contributed by atoms with Crippen LogP contribution in [0.4, 0.5) is 0 Å². The molecule has 1 aromatic heterocycles. The minimum absolute atomic E-state index is 0.178. The lowest BCUT2D eigenvalue weighted by Crippen LogP contribution is -2.23. The maximum Gasteiger partial charge on any atom is 0.124 e. The van der Waals surface area contributed by atoms with Crippen LogP contribution in [0.5, 0.6) is 5.75 Å². The number of thiophene rings is 1. The Morgan fingerprint density at radius 3 is 2.62 bits per heavy atom. The smallest absolute Gasteiger partial charge is 0.124 e. The first-order valence-electron chi connectivity index (χ1n) is 7.19. The second-order valence-corrected chi connectivity index (χ2v) is 7.00. The van der Waals surface area contributed by atoms with Crippen molar-refractivity contribution in [1.82, 2.24) is 5.32 Å². The molecule has 2 aromatic rings. The number of aryl methyl sites for hydroxylation is 2. The Kier molecular flexibility index (Phi) is 5.85. The molecule has 1 aromatic carbocycles. The van der Waals surface area contributed by atoms with Crippen molar-refractivity contribution in [3.8, 4) is 5.75 Å². The van der Waals surface area contributed by atoms with Crippen LogP contribution in [0, 0.1) is 13.8 Å². The Bertz CT molecular complexity index is 609. The van der Waals surface area contributed by atoms with Crippen LogP contribution in [0.3, 0.4) is 0 Å². The van der Waals surface area contributed by atoms with E-state index in [4.69, 9.17) is 4.74 Å². The molecule has 21 heavy (non-hydrogen) atoms. The van der Waals surface area contributed by atoms with Gasteiger partial charge in [0.15, 0.2) is 0 Å². The highest BCUT2D eigenvalue weighted by molar-refractivity contribution is 9.10. The van der Waals surface area contributed by atoms with E-state index in [-0.39, 0.29) is 6.04 Å². The molecule has 0 saturated carbocycles. The molecule has 0 bridgehead atoms. The van der Waals surface area contributed by atoms with Crippen LogP contribution in [-0.4, -0.2) is 13.7 Å². The van der Waals surface area contributed by atoms with Crippen LogP contribution >= 0.6 is 27.3 Å². The molecule has 1 N–H and O–H groups in total. The van der Waals surface area contributed by atoms with Gasteiger partial charge in [0.25, 0.3) is 0 Å². The molecule has 1 heterocycles. The number of nitrogens with one attached hydrogen (secondary N) is 1. The van der Waals surface area contributed by atoms with Crippen LogP contribution in [0.2, 0.25) is 0 Å². The summed E-state index contributed by atoms with van der Waals surface area (Å²) in [5.74, 6) is 0.942. The van der Waals surface area contributed by atoms with E-state index in [1.165, 1.54) is 21.6 Å². The molecule has 114 valence electrons. The van der Waals surface area contributed by atoms with Gasteiger partial charge in [-0.15, -0.1) is 11.3 Å². The number of rotatable bonds is 6. The van der Waals surface area contributed by atoms with Gasteiger partial charge in [0, 0.05) is 14.9 Å². The number of benzene rings is 1. The van der Waals surface area contributed by atoms with E-state index in [9.17, 15) is 0 Å². The van der Waals surface area contributed by atoms with Gasteiger partial charge < -0.3 is 10.1 Å². The van der Waals surface area contributed by atoms with E-state index in [0.717, 1.165) is 23.2 Å². The quantitative estimate of drug-likeness (QED) is 0.754. The van der Waals surface area contributed by atoms with Crippen LogP contribution in [0.25, 0.3) is 0 Å². The zero-order valence-electron chi connectivity index (χ0n) is 13.0. The lowest BCUT2D eigenvalue weighted by molar-refractivity contribution is 0.403. The largest absolute Gasteiger partial charge is 0.496 e. The Morgan fingerprint density at radius 1 is 1.29 bits per heavy atom. The highest BCUT2D eigenvalue weighted by Gasteiger charge is 2.21. The summed E-state index contributed by atoms with van der Waals surface area (Å²) in [6, 6.07) is 6.64. The maximum absolute atomic E-state index is 5.62. The van der Waals surface area contributed by atoms with E-state index in [2.05, 4.69) is 65.6 Å². The number of hydrogen-bond donors (Lipinski definition) is 1. The first-order chi connectivity index (χ1) is 10.1. The molecule has 0 aliphatic carbocycles. The predicted molar refractivity (Wildman–Crippen MR) is 94.6 cm³/mol. The molecule has 0 radical (unpaired) electrons. The van der Waals surface area contributed by atoms with Crippen molar-refractivity contribution in [2.45, 2.75) is 33.2 Å². The summed E-state index contributed by atoms with van der Waals surface area (Å²) in [7, 11) is 1.74. The van der Waals surface area contributed by atoms with Crippen LogP contribution in [0.1, 0.15) is 41.0 Å². The van der Waals surface area contributed by atoms with Gasteiger partial charge in [-0.25, -0.2) is 0 Å². The number of hydrogen-bond acceptors (Lipinski definition) is 3. The highest BCUT2D eigenvalue weighted by Crippen LogP contribution is 2.37. The zero-order chi connectivity index (χ0) is 15.4. The second-order valence-electron chi connectivity index (χ2n) is 5.20. The van der Waals surface area contributed by atoms with E-state index >= 15 is 0 Å². The van der Waals surface area contributed by atoms with Crippen molar-refractivity contribution >= 4 is 27.3 Å². The summed E-state index contributed by atoms with van der Waals surface area (Å²) in [6.45, 7) is 7.42. The third kappa shape index (κ3) is 3.68. The SMILES string of the molecule is CCCNC(c1cc(Br)c(C)cc1OC)c1sccc1C. The monoisotopic (exact) mass is 367 g/mol. The summed E-state index contributed by atoms with van der Waals surface area (Å²) in [6.07, 6.45) is 1.11. The third-order valence-electron chi connectivity index (χ3n) is 3.58. The average molecular weight is 368 g/mol. The molecular weight excluding hydrogens is 346 g/mol. The Hall–Kier alpha value is -0.840. The van der Waals surface area contributed by atoms with Gasteiger partial charge in [0.1, 0.15) is 5.75 Å². The first-order valence-corrected chi connectivity index (χ1v) is 8.87. The van der Waals surface area contributed by atoms with Crippen LogP contribution in [0.15, 0.2) is 28.1 Å². The molecule has 1 unspecified atom stereocenters. The van der Waals surface area contributed by atoms with Crippen LogP contribution in [-0.2, 0) is 0 Å². The van der Waals surface area contributed by atoms with Gasteiger partial charge in [-0.3, -0.25) is 0 Å². The summed E-state index contributed by atoms with van der Waals surface area (Å²) >= 11 is 5.45. The Labute approximate surface area is 139 Å². The van der Waals surface area contributed by atoms with Gasteiger partial charge in [0.2, 0.25) is 0 Å². The van der Waals surface area contributed by atoms with E-state index in [0.29, 0.717) is 0 Å². The third-order valence-corrected chi connectivity index (χ3v) is 5.52. The Balaban J connectivity index is 2.51. The molecule has 0 aliphatic heterocycles. The fourth-order valence-electron chi connectivity index (χ4n) is 2.39. The highest BCUT2D eigenvalue weighted by atomic mass is 79.9. The summed E-state index contributed by atoms with van der Waals surface area (Å²) in [5.41, 5.74) is 3.70. The number of ether oxygens (including phenoxy) is 1. The minimum Gasteiger partial charge on any atom is -0.496 e. The molecule has 0 saturated heterocycles. The lowest BCUT2D eigenvalue weighted by atomic mass is 10.00. The van der Waals surface area contributed by atoms with Crippen molar-refractivity contribution in [3.05, 3.63) is 49.6 Å². The molecule has 2 nitrogen and oxygen atoms in total. The summed E-state index contributed by atoms with van der Waals surface area (Å²) in [4.78, 5) is 1.36. The van der Waals surface area contributed by atoms with Crippen molar-refractivity contribution in [2.24, 2.45) is 0 Å². The molecule has 0 aliphatic rings. The topological polar surface area (TPSA) is 21.3 Å². The molecule has 0 fully saturated rings. The fourth-order valence-corrected chi connectivity index (χ4v) is 3.77. The van der Waals surface area contributed by atoms with Crippen molar-refractivity contribution in [1.29, 1.82) is 0 Å². The molecular formula is C17H22BrNOS. The predicted octanol–water partition coefficient (Wildman–Crippen LogP) is 5.23. The summed E-state index contributed by atoms with van der Waals surface area (Å²) in [5, 5.41) is 5.81.